The maximum absolute atomic E-state index is 12.2. The normalized spacial score (nSPS) is 20.5. The molecule has 0 bridgehead atoms. The Labute approximate surface area is 237 Å². The van der Waals surface area contributed by atoms with E-state index in [-0.39, 0.29) is 25.0 Å². The minimum absolute atomic E-state index is 0.0663. The number of hydrogen-bond donors (Lipinski definition) is 1. The smallest absolute Gasteiger partial charge is 0.222 e. The molecule has 0 spiro atoms. The molecular weight excluding hydrogens is 510 g/mol. The zero-order chi connectivity index (χ0) is 28.4. The fourth-order valence-corrected chi connectivity index (χ4v) is 5.37. The molecule has 40 heavy (non-hydrogen) atoms. The maximum Gasteiger partial charge on any atom is 0.222 e. The zero-order valence-electron chi connectivity index (χ0n) is 23.8. The second-order valence-corrected chi connectivity index (χ2v) is 10.9. The fraction of sp³-hybridized carbons (Fsp3) is 0.548. The molecule has 1 N–H and O–H groups in total. The van der Waals surface area contributed by atoms with Crippen molar-refractivity contribution in [3.05, 3.63) is 54.1 Å². The summed E-state index contributed by atoms with van der Waals surface area (Å²) in [5, 5.41) is 11.5. The van der Waals surface area contributed by atoms with Crippen LogP contribution in [0.5, 0.6) is 17.2 Å². The minimum atomic E-state index is -1.22. The van der Waals surface area contributed by atoms with Crippen molar-refractivity contribution in [1.29, 1.82) is 0 Å². The highest BCUT2D eigenvalue weighted by Gasteiger charge is 2.37. The third kappa shape index (κ3) is 8.60. The summed E-state index contributed by atoms with van der Waals surface area (Å²) in [6.07, 6.45) is 4.60. The Hall–Kier alpha value is -3.30. The molecule has 2 aromatic rings. The molecule has 0 aliphatic carbocycles. The Morgan fingerprint density at radius 1 is 0.975 bits per heavy atom. The topological polar surface area (TPSA) is 91.8 Å². The molecule has 9 heteroatoms. The van der Waals surface area contributed by atoms with Crippen molar-refractivity contribution >= 4 is 11.8 Å². The van der Waals surface area contributed by atoms with Gasteiger partial charge >= 0.3 is 0 Å². The van der Waals surface area contributed by atoms with E-state index in [1.54, 1.807) is 12.0 Å². The predicted molar refractivity (Wildman–Crippen MR) is 153 cm³/mol. The van der Waals surface area contributed by atoms with Gasteiger partial charge in [0.2, 0.25) is 11.8 Å². The lowest BCUT2D eigenvalue weighted by Gasteiger charge is -2.32. The standard InChI is InChI=1S/C31H43N3O6/c1-25(35)34-18-17-32(22-31(37,23-34)24-40-27-10-5-3-6-11-27)21-26-13-14-28(29(20-26)38-2)39-19-9-16-33-15-8-4-7-12-30(33)36/h3,5-6,10-11,13-14,20,37H,4,7-9,12,15-19,21-24H2,1-2H3/t31-/m1/s1. The van der Waals surface area contributed by atoms with E-state index in [9.17, 15) is 14.7 Å². The number of para-hydroxylation sites is 1. The van der Waals surface area contributed by atoms with Crippen LogP contribution in [0.15, 0.2) is 48.5 Å². The Balaban J connectivity index is 1.35. The zero-order valence-corrected chi connectivity index (χ0v) is 23.8. The van der Waals surface area contributed by atoms with E-state index in [0.717, 1.165) is 37.8 Å². The van der Waals surface area contributed by atoms with Gasteiger partial charge in [0, 0.05) is 52.6 Å². The van der Waals surface area contributed by atoms with Crippen molar-refractivity contribution in [3.63, 3.8) is 0 Å². The molecule has 2 aliphatic heterocycles. The molecule has 4 rings (SSSR count). The van der Waals surface area contributed by atoms with Crippen molar-refractivity contribution in [2.24, 2.45) is 0 Å². The van der Waals surface area contributed by atoms with Crippen LogP contribution in [0.4, 0.5) is 0 Å². The van der Waals surface area contributed by atoms with Gasteiger partial charge in [0.15, 0.2) is 11.5 Å². The number of hydrogen-bond acceptors (Lipinski definition) is 7. The molecule has 2 fully saturated rings. The van der Waals surface area contributed by atoms with E-state index in [0.29, 0.717) is 63.0 Å². The number of aliphatic hydroxyl groups is 1. The summed E-state index contributed by atoms with van der Waals surface area (Å²) in [7, 11) is 1.62. The van der Waals surface area contributed by atoms with Crippen LogP contribution in [0.2, 0.25) is 0 Å². The predicted octanol–water partition coefficient (Wildman–Crippen LogP) is 3.34. The van der Waals surface area contributed by atoms with E-state index < -0.39 is 5.60 Å². The van der Waals surface area contributed by atoms with Crippen LogP contribution < -0.4 is 14.2 Å². The van der Waals surface area contributed by atoms with Crippen molar-refractivity contribution in [2.45, 2.75) is 51.2 Å². The van der Waals surface area contributed by atoms with Gasteiger partial charge in [-0.2, -0.15) is 0 Å². The van der Waals surface area contributed by atoms with Crippen LogP contribution in [-0.2, 0) is 16.1 Å². The van der Waals surface area contributed by atoms with Crippen LogP contribution >= 0.6 is 0 Å². The number of methoxy groups -OCH3 is 1. The Morgan fingerprint density at radius 2 is 1.80 bits per heavy atom. The highest BCUT2D eigenvalue weighted by Crippen LogP contribution is 2.29. The molecule has 0 radical (unpaired) electrons. The number of carbonyl (C=O) groups is 2. The summed E-state index contributed by atoms with van der Waals surface area (Å²) in [6.45, 7) is 5.97. The van der Waals surface area contributed by atoms with Gasteiger partial charge in [0.1, 0.15) is 18.0 Å². The summed E-state index contributed by atoms with van der Waals surface area (Å²) in [4.78, 5) is 30.2. The lowest BCUT2D eigenvalue weighted by molar-refractivity contribution is -0.132. The van der Waals surface area contributed by atoms with Gasteiger partial charge in [-0.1, -0.05) is 30.7 Å². The quantitative estimate of drug-likeness (QED) is 0.427. The molecule has 0 aromatic heterocycles. The van der Waals surface area contributed by atoms with Crippen LogP contribution in [0.1, 0.15) is 44.6 Å². The fourth-order valence-electron chi connectivity index (χ4n) is 5.37. The number of ether oxygens (including phenoxy) is 3. The summed E-state index contributed by atoms with van der Waals surface area (Å²) in [6, 6.07) is 15.3. The first-order valence-corrected chi connectivity index (χ1v) is 14.3. The number of benzene rings is 2. The number of rotatable bonds is 11. The molecule has 0 unspecified atom stereocenters. The Morgan fingerprint density at radius 3 is 2.58 bits per heavy atom. The lowest BCUT2D eigenvalue weighted by Crippen LogP contribution is -2.51. The lowest BCUT2D eigenvalue weighted by atomic mass is 10.0. The number of amides is 2. The molecule has 218 valence electrons. The SMILES string of the molecule is COc1cc(CN2CCN(C(C)=O)C[C@@](O)(COc3ccccc3)C2)ccc1OCCCN1CCCCCC1=O. The van der Waals surface area contributed by atoms with Gasteiger partial charge in [0.05, 0.1) is 20.3 Å². The molecule has 2 amide bonds. The molecule has 2 aliphatic rings. The molecule has 2 aromatic carbocycles. The Bertz CT molecular complexity index is 1110. The molecule has 0 saturated carbocycles. The van der Waals surface area contributed by atoms with Crippen molar-refractivity contribution in [1.82, 2.24) is 14.7 Å². The number of likely N-dealkylation sites (tertiary alicyclic amines) is 1. The first-order valence-electron chi connectivity index (χ1n) is 14.3. The van der Waals surface area contributed by atoms with Gasteiger partial charge in [-0.05, 0) is 49.1 Å². The van der Waals surface area contributed by atoms with Crippen LogP contribution in [-0.4, -0.2) is 96.8 Å². The van der Waals surface area contributed by atoms with Gasteiger partial charge in [0.25, 0.3) is 0 Å². The molecule has 2 saturated heterocycles. The third-order valence-electron chi connectivity index (χ3n) is 7.52. The molecule has 2 heterocycles. The van der Waals surface area contributed by atoms with E-state index >= 15 is 0 Å². The summed E-state index contributed by atoms with van der Waals surface area (Å²) in [5.74, 6) is 2.17. The highest BCUT2D eigenvalue weighted by atomic mass is 16.5. The number of β-amino-alcohol motifs (C(OH)–C–C–N with tert-alkyl or cyclic N) is 1. The van der Waals surface area contributed by atoms with Gasteiger partial charge in [-0.25, -0.2) is 0 Å². The number of carbonyl (C=O) groups excluding carboxylic acids is 2. The summed E-state index contributed by atoms with van der Waals surface area (Å²) >= 11 is 0. The number of nitrogens with zero attached hydrogens (tertiary/aromatic N) is 3. The molecule has 9 nitrogen and oxygen atoms in total. The van der Waals surface area contributed by atoms with Gasteiger partial charge in [-0.15, -0.1) is 0 Å². The van der Waals surface area contributed by atoms with Crippen molar-refractivity contribution in [3.8, 4) is 17.2 Å². The third-order valence-corrected chi connectivity index (χ3v) is 7.52. The van der Waals surface area contributed by atoms with E-state index in [1.165, 1.54) is 6.92 Å². The van der Waals surface area contributed by atoms with Crippen molar-refractivity contribution in [2.75, 3.05) is 59.6 Å². The van der Waals surface area contributed by atoms with Crippen molar-refractivity contribution < 1.29 is 28.9 Å². The second kappa shape index (κ2) is 14.4. The van der Waals surface area contributed by atoms with E-state index in [1.807, 2.05) is 53.4 Å². The second-order valence-electron chi connectivity index (χ2n) is 10.9. The van der Waals surface area contributed by atoms with Crippen LogP contribution in [0, 0.1) is 0 Å². The highest BCUT2D eigenvalue weighted by molar-refractivity contribution is 5.76. The first-order chi connectivity index (χ1) is 19.3. The summed E-state index contributed by atoms with van der Waals surface area (Å²) < 4.78 is 17.6. The largest absolute Gasteiger partial charge is 0.493 e. The average molecular weight is 554 g/mol. The summed E-state index contributed by atoms with van der Waals surface area (Å²) in [5.41, 5.74) is -0.207. The minimum Gasteiger partial charge on any atom is -0.493 e. The van der Waals surface area contributed by atoms with Crippen LogP contribution in [0.3, 0.4) is 0 Å². The van der Waals surface area contributed by atoms with Crippen LogP contribution in [0.25, 0.3) is 0 Å². The Kier molecular flexibility index (Phi) is 10.7. The van der Waals surface area contributed by atoms with Gasteiger partial charge < -0.3 is 29.1 Å². The average Bonchev–Trinajstić information content (AvgIpc) is 3.26. The monoisotopic (exact) mass is 553 g/mol. The van der Waals surface area contributed by atoms with E-state index in [4.69, 9.17) is 14.2 Å². The molecular formula is C31H43N3O6. The first kappa shape index (κ1) is 29.7. The van der Waals surface area contributed by atoms with Gasteiger partial charge in [-0.3, -0.25) is 14.5 Å². The molecule has 1 atom stereocenters. The maximum atomic E-state index is 12.2. The van der Waals surface area contributed by atoms with E-state index in [2.05, 4.69) is 4.90 Å².